The van der Waals surface area contributed by atoms with Gasteiger partial charge >= 0.3 is 0 Å². The highest BCUT2D eigenvalue weighted by Crippen LogP contribution is 2.01. The molecular formula is C10H8N4O. The Hall–Kier alpha value is -2.31. The fourth-order valence-corrected chi connectivity index (χ4v) is 0.921. The monoisotopic (exact) mass is 200 g/mol. The van der Waals surface area contributed by atoms with Gasteiger partial charge in [-0.15, -0.1) is 0 Å². The largest absolute Gasteiger partial charge is 0.298 e. The summed E-state index contributed by atoms with van der Waals surface area (Å²) in [5.74, 6) is 5.59. The van der Waals surface area contributed by atoms with Gasteiger partial charge in [-0.3, -0.25) is 9.78 Å². The molecule has 1 rings (SSSR count). The van der Waals surface area contributed by atoms with Gasteiger partial charge in [-0.25, -0.2) is 0 Å². The first-order valence-electron chi connectivity index (χ1n) is 4.27. The van der Waals surface area contributed by atoms with Crippen LogP contribution >= 0.6 is 0 Å². The van der Waals surface area contributed by atoms with E-state index in [2.05, 4.69) is 26.9 Å². The molecule has 0 atom stereocenters. The van der Waals surface area contributed by atoms with Gasteiger partial charge in [0.05, 0.1) is 5.56 Å². The first-order chi connectivity index (χ1) is 7.38. The minimum Gasteiger partial charge on any atom is -0.298 e. The Labute approximate surface area is 86.8 Å². The van der Waals surface area contributed by atoms with E-state index < -0.39 is 0 Å². The van der Waals surface area contributed by atoms with Gasteiger partial charge in [-0.1, -0.05) is 17.0 Å². The summed E-state index contributed by atoms with van der Waals surface area (Å²) in [6.45, 7) is 0.334. The summed E-state index contributed by atoms with van der Waals surface area (Å²) in [5, 5.41) is 3.34. The molecule has 74 valence electrons. The van der Waals surface area contributed by atoms with Gasteiger partial charge in [0.2, 0.25) is 0 Å². The van der Waals surface area contributed by atoms with E-state index in [4.69, 9.17) is 5.53 Å². The first-order valence-corrected chi connectivity index (χ1v) is 4.27. The van der Waals surface area contributed by atoms with Crippen LogP contribution in [0.5, 0.6) is 0 Å². The molecule has 0 N–H and O–H groups in total. The summed E-state index contributed by atoms with van der Waals surface area (Å²) >= 11 is 0. The molecule has 0 aromatic carbocycles. The van der Waals surface area contributed by atoms with Crippen LogP contribution in [0.15, 0.2) is 23.6 Å². The number of carbonyl (C=O) groups is 1. The van der Waals surface area contributed by atoms with E-state index >= 15 is 0 Å². The number of nitrogens with zero attached hydrogens (tertiary/aromatic N) is 4. The number of aromatic nitrogens is 1. The highest BCUT2D eigenvalue weighted by Gasteiger charge is 1.95. The summed E-state index contributed by atoms with van der Waals surface area (Å²) in [7, 11) is 0. The lowest BCUT2D eigenvalue weighted by Gasteiger charge is -1.92. The van der Waals surface area contributed by atoms with Crippen LogP contribution in [0.1, 0.15) is 22.3 Å². The number of hydrogen-bond donors (Lipinski definition) is 0. The van der Waals surface area contributed by atoms with Crippen LogP contribution in [0.3, 0.4) is 0 Å². The maximum atomic E-state index is 10.6. The lowest BCUT2D eigenvalue weighted by Crippen LogP contribution is -1.88. The molecule has 0 aliphatic rings. The third kappa shape index (κ3) is 3.51. The van der Waals surface area contributed by atoms with Gasteiger partial charge in [0, 0.05) is 35.8 Å². The van der Waals surface area contributed by atoms with E-state index in [9.17, 15) is 4.79 Å². The summed E-state index contributed by atoms with van der Waals surface area (Å²) < 4.78 is 0. The van der Waals surface area contributed by atoms with Gasteiger partial charge in [0.1, 0.15) is 0 Å². The second kappa shape index (κ2) is 6.19. The summed E-state index contributed by atoms with van der Waals surface area (Å²) in [4.78, 5) is 17.1. The Morgan fingerprint density at radius 3 is 3.27 bits per heavy atom. The molecule has 0 spiro atoms. The smallest absolute Gasteiger partial charge is 0.151 e. The molecule has 5 heteroatoms. The fourth-order valence-electron chi connectivity index (χ4n) is 0.921. The zero-order chi connectivity index (χ0) is 10.9. The Balaban J connectivity index is 2.70. The van der Waals surface area contributed by atoms with Gasteiger partial charge in [0.25, 0.3) is 0 Å². The highest BCUT2D eigenvalue weighted by molar-refractivity contribution is 5.78. The van der Waals surface area contributed by atoms with Gasteiger partial charge in [-0.05, 0) is 11.6 Å². The summed E-state index contributed by atoms with van der Waals surface area (Å²) in [6.07, 6.45) is 4.27. The van der Waals surface area contributed by atoms with Gasteiger partial charge in [0.15, 0.2) is 6.29 Å². The molecular weight excluding hydrogens is 192 g/mol. The molecule has 15 heavy (non-hydrogen) atoms. The maximum Gasteiger partial charge on any atom is 0.151 e. The van der Waals surface area contributed by atoms with E-state index in [0.29, 0.717) is 24.1 Å². The van der Waals surface area contributed by atoms with Crippen LogP contribution in [0.4, 0.5) is 0 Å². The molecule has 0 aliphatic heterocycles. The van der Waals surface area contributed by atoms with E-state index in [0.717, 1.165) is 6.29 Å². The quantitative estimate of drug-likeness (QED) is 0.187. The molecule has 1 aromatic rings. The maximum absolute atomic E-state index is 10.6. The predicted molar refractivity (Wildman–Crippen MR) is 55.1 cm³/mol. The Kier molecular flexibility index (Phi) is 4.44. The number of rotatable bonds is 3. The average molecular weight is 200 g/mol. The van der Waals surface area contributed by atoms with Crippen molar-refractivity contribution >= 4 is 6.29 Å². The molecule has 0 amide bonds. The zero-order valence-corrected chi connectivity index (χ0v) is 7.92. The lowest BCUT2D eigenvalue weighted by atomic mass is 10.1. The van der Waals surface area contributed by atoms with Gasteiger partial charge < -0.3 is 0 Å². The van der Waals surface area contributed by atoms with Crippen molar-refractivity contribution in [2.45, 2.75) is 6.42 Å². The van der Waals surface area contributed by atoms with Crippen molar-refractivity contribution in [2.24, 2.45) is 5.11 Å². The number of carbonyl (C=O) groups excluding carboxylic acids is 1. The van der Waals surface area contributed by atoms with Crippen molar-refractivity contribution in [1.82, 2.24) is 4.98 Å². The third-order valence-corrected chi connectivity index (χ3v) is 1.60. The third-order valence-electron chi connectivity index (χ3n) is 1.60. The molecule has 0 unspecified atom stereocenters. The van der Waals surface area contributed by atoms with E-state index in [1.165, 1.54) is 12.4 Å². The molecule has 1 aromatic heterocycles. The molecule has 5 nitrogen and oxygen atoms in total. The van der Waals surface area contributed by atoms with Crippen molar-refractivity contribution in [3.05, 3.63) is 40.0 Å². The Morgan fingerprint density at radius 1 is 1.67 bits per heavy atom. The van der Waals surface area contributed by atoms with Crippen molar-refractivity contribution in [3.63, 3.8) is 0 Å². The number of aldehydes is 1. The van der Waals surface area contributed by atoms with Crippen molar-refractivity contribution < 1.29 is 4.79 Å². The van der Waals surface area contributed by atoms with Crippen LogP contribution in [0.25, 0.3) is 10.4 Å². The average Bonchev–Trinajstić information content (AvgIpc) is 2.29. The highest BCUT2D eigenvalue weighted by atomic mass is 16.1. The number of hydrogen-bond acceptors (Lipinski definition) is 3. The number of pyridine rings is 1. The summed E-state index contributed by atoms with van der Waals surface area (Å²) in [6, 6.07) is 1.60. The molecule has 0 saturated carbocycles. The van der Waals surface area contributed by atoms with Gasteiger partial charge in [-0.2, -0.15) is 0 Å². The van der Waals surface area contributed by atoms with E-state index in [1.807, 2.05) is 0 Å². The second-order valence-corrected chi connectivity index (χ2v) is 2.59. The Morgan fingerprint density at radius 2 is 2.53 bits per heavy atom. The van der Waals surface area contributed by atoms with Crippen LogP contribution in [0.2, 0.25) is 0 Å². The number of azide groups is 1. The molecule has 0 aliphatic carbocycles. The summed E-state index contributed by atoms with van der Waals surface area (Å²) in [5.41, 5.74) is 9.12. The SMILES string of the molecule is [N-]=[N+]=NCCC#Cc1cnccc1C=O. The lowest BCUT2D eigenvalue weighted by molar-refractivity contribution is 0.112. The first kappa shape index (κ1) is 10.8. The Bertz CT molecular complexity index is 452. The van der Waals surface area contributed by atoms with E-state index in [1.54, 1.807) is 6.07 Å². The predicted octanol–water partition coefficient (Wildman–Crippen LogP) is 1.95. The molecule has 1 heterocycles. The molecule has 0 saturated heterocycles. The van der Waals surface area contributed by atoms with Crippen LogP contribution in [-0.2, 0) is 0 Å². The standard InChI is InChI=1S/C10H8N4O/c11-14-13-5-2-1-3-9-7-12-6-4-10(9)8-15/h4,6-8H,2,5H2. The van der Waals surface area contributed by atoms with Crippen LogP contribution in [-0.4, -0.2) is 17.8 Å². The van der Waals surface area contributed by atoms with Crippen molar-refractivity contribution in [1.29, 1.82) is 0 Å². The molecule has 0 bridgehead atoms. The van der Waals surface area contributed by atoms with Crippen molar-refractivity contribution in [3.8, 4) is 11.8 Å². The second-order valence-electron chi connectivity index (χ2n) is 2.59. The van der Waals surface area contributed by atoms with E-state index in [-0.39, 0.29) is 0 Å². The minimum absolute atomic E-state index is 0.334. The minimum atomic E-state index is 0.334. The fraction of sp³-hybridized carbons (Fsp3) is 0.200. The normalized spacial score (nSPS) is 8.27. The molecule has 0 fully saturated rings. The zero-order valence-electron chi connectivity index (χ0n) is 7.92. The topological polar surface area (TPSA) is 78.7 Å². The molecule has 0 radical (unpaired) electrons. The van der Waals surface area contributed by atoms with Crippen molar-refractivity contribution in [2.75, 3.05) is 6.54 Å². The van der Waals surface area contributed by atoms with Crippen LogP contribution < -0.4 is 0 Å². The van der Waals surface area contributed by atoms with Crippen LogP contribution in [0, 0.1) is 11.8 Å².